The van der Waals surface area contributed by atoms with Gasteiger partial charge in [-0.25, -0.2) is 10.3 Å². The SMILES string of the molecule is CON1N=C(Cl)C(c2ccccc2)=C(Cl)N1. The van der Waals surface area contributed by atoms with Gasteiger partial charge in [-0.15, -0.1) is 5.10 Å². The van der Waals surface area contributed by atoms with Gasteiger partial charge in [-0.05, 0) is 5.56 Å². The van der Waals surface area contributed by atoms with E-state index in [1.165, 1.54) is 7.11 Å². The summed E-state index contributed by atoms with van der Waals surface area (Å²) in [4.78, 5) is 4.85. The number of hydrogen-bond acceptors (Lipinski definition) is 4. The Hall–Kier alpha value is -1.23. The van der Waals surface area contributed by atoms with Crippen LogP contribution >= 0.6 is 23.2 Å². The molecule has 0 saturated heterocycles. The minimum Gasteiger partial charge on any atom is -0.245 e. The Balaban J connectivity index is 2.39. The summed E-state index contributed by atoms with van der Waals surface area (Å²) in [6.45, 7) is 0. The van der Waals surface area contributed by atoms with Crippen LogP contribution in [0.25, 0.3) is 5.57 Å². The van der Waals surface area contributed by atoms with Gasteiger partial charge in [0.05, 0.1) is 12.7 Å². The molecule has 0 fully saturated rings. The van der Waals surface area contributed by atoms with E-state index >= 15 is 0 Å². The van der Waals surface area contributed by atoms with E-state index in [-0.39, 0.29) is 5.17 Å². The minimum absolute atomic E-state index is 0.275. The standard InChI is InChI=1S/C10H9Cl2N3O/c1-16-15-13-9(11)8(10(12)14-15)7-5-3-2-4-6-7/h2-6,13H,1H3. The molecule has 6 heteroatoms. The van der Waals surface area contributed by atoms with Crippen LogP contribution in [0.15, 0.2) is 40.6 Å². The van der Waals surface area contributed by atoms with E-state index < -0.39 is 0 Å². The average Bonchev–Trinajstić information content (AvgIpc) is 2.29. The molecule has 0 amide bonds. The van der Waals surface area contributed by atoms with Crippen molar-refractivity contribution in [3.63, 3.8) is 0 Å². The highest BCUT2D eigenvalue weighted by atomic mass is 35.5. The van der Waals surface area contributed by atoms with E-state index in [0.717, 1.165) is 10.8 Å². The number of benzene rings is 1. The van der Waals surface area contributed by atoms with E-state index in [2.05, 4.69) is 10.5 Å². The van der Waals surface area contributed by atoms with Crippen molar-refractivity contribution in [2.24, 2.45) is 5.10 Å². The molecule has 0 aliphatic carbocycles. The van der Waals surface area contributed by atoms with Gasteiger partial charge in [-0.1, -0.05) is 58.8 Å². The average molecular weight is 258 g/mol. The molecular weight excluding hydrogens is 249 g/mol. The Labute approximate surface area is 103 Å². The maximum absolute atomic E-state index is 6.07. The van der Waals surface area contributed by atoms with Crippen molar-refractivity contribution in [1.29, 1.82) is 0 Å². The van der Waals surface area contributed by atoms with Gasteiger partial charge in [-0.2, -0.15) is 0 Å². The highest BCUT2D eigenvalue weighted by Crippen LogP contribution is 2.26. The van der Waals surface area contributed by atoms with E-state index in [1.54, 1.807) is 0 Å². The van der Waals surface area contributed by atoms with Gasteiger partial charge in [0.25, 0.3) is 0 Å². The molecule has 0 unspecified atom stereocenters. The van der Waals surface area contributed by atoms with Gasteiger partial charge in [-0.3, -0.25) is 0 Å². The number of rotatable bonds is 2. The number of halogens is 2. The van der Waals surface area contributed by atoms with Crippen LogP contribution in [-0.2, 0) is 4.84 Å². The molecule has 2 rings (SSSR count). The first-order valence-electron chi connectivity index (χ1n) is 4.53. The minimum atomic E-state index is 0.275. The van der Waals surface area contributed by atoms with Crippen molar-refractivity contribution in [3.05, 3.63) is 41.1 Å². The third-order valence-corrected chi connectivity index (χ3v) is 2.57. The van der Waals surface area contributed by atoms with Crippen molar-refractivity contribution in [2.45, 2.75) is 0 Å². The Kier molecular flexibility index (Phi) is 3.33. The molecule has 1 aromatic rings. The first-order chi connectivity index (χ1) is 7.72. The molecule has 1 heterocycles. The van der Waals surface area contributed by atoms with Crippen molar-refractivity contribution in [3.8, 4) is 0 Å². The highest BCUT2D eigenvalue weighted by molar-refractivity contribution is 6.77. The van der Waals surface area contributed by atoms with Crippen molar-refractivity contribution in [1.82, 2.24) is 10.7 Å². The Morgan fingerprint density at radius 1 is 1.25 bits per heavy atom. The lowest BCUT2D eigenvalue weighted by Crippen LogP contribution is -2.35. The third-order valence-electron chi connectivity index (χ3n) is 2.03. The van der Waals surface area contributed by atoms with Crippen LogP contribution < -0.4 is 5.43 Å². The highest BCUT2D eigenvalue weighted by Gasteiger charge is 2.20. The normalized spacial score (nSPS) is 15.9. The second-order valence-corrected chi connectivity index (χ2v) is 3.75. The summed E-state index contributed by atoms with van der Waals surface area (Å²) in [5, 5.41) is 5.69. The zero-order valence-electron chi connectivity index (χ0n) is 8.45. The molecule has 16 heavy (non-hydrogen) atoms. The van der Waals surface area contributed by atoms with Crippen LogP contribution in [0.4, 0.5) is 0 Å². The van der Waals surface area contributed by atoms with Gasteiger partial charge in [0.1, 0.15) is 5.16 Å². The molecule has 0 aromatic heterocycles. The summed E-state index contributed by atoms with van der Waals surface area (Å²) >= 11 is 12.1. The van der Waals surface area contributed by atoms with Gasteiger partial charge < -0.3 is 0 Å². The van der Waals surface area contributed by atoms with Crippen molar-refractivity contribution >= 4 is 33.9 Å². The van der Waals surface area contributed by atoms with E-state index in [4.69, 9.17) is 28.0 Å². The van der Waals surface area contributed by atoms with Crippen molar-refractivity contribution in [2.75, 3.05) is 7.11 Å². The molecule has 0 bridgehead atoms. The first-order valence-corrected chi connectivity index (χ1v) is 5.28. The van der Waals surface area contributed by atoms with Gasteiger partial charge in [0, 0.05) is 0 Å². The summed E-state index contributed by atoms with van der Waals surface area (Å²) in [6, 6.07) is 9.53. The van der Waals surface area contributed by atoms with Crippen molar-refractivity contribution < 1.29 is 4.84 Å². The van der Waals surface area contributed by atoms with Crippen LogP contribution in [0, 0.1) is 0 Å². The van der Waals surface area contributed by atoms with Gasteiger partial charge in [0.15, 0.2) is 5.17 Å². The molecule has 1 aliphatic heterocycles. The maximum Gasteiger partial charge on any atom is 0.164 e. The fraction of sp³-hybridized carbons (Fsp3) is 0.100. The second kappa shape index (κ2) is 4.74. The Morgan fingerprint density at radius 2 is 1.94 bits per heavy atom. The maximum atomic E-state index is 6.07. The lowest BCUT2D eigenvalue weighted by atomic mass is 10.1. The molecule has 0 spiro atoms. The lowest BCUT2D eigenvalue weighted by molar-refractivity contribution is -0.161. The van der Waals surface area contributed by atoms with E-state index in [0.29, 0.717) is 10.7 Å². The monoisotopic (exact) mass is 257 g/mol. The number of allylic oxidation sites excluding steroid dienone is 1. The summed E-state index contributed by atoms with van der Waals surface area (Å²) in [6.07, 6.45) is 0. The lowest BCUT2D eigenvalue weighted by Gasteiger charge is -2.23. The number of hydrazone groups is 1. The summed E-state index contributed by atoms with van der Waals surface area (Å²) < 4.78 is 0. The van der Waals surface area contributed by atoms with Crippen LogP contribution in [0.1, 0.15) is 5.56 Å². The van der Waals surface area contributed by atoms with Crippen LogP contribution in [-0.4, -0.2) is 17.6 Å². The topological polar surface area (TPSA) is 36.9 Å². The molecule has 84 valence electrons. The molecule has 0 atom stereocenters. The first kappa shape index (κ1) is 11.3. The van der Waals surface area contributed by atoms with Crippen LogP contribution in [0.2, 0.25) is 0 Å². The van der Waals surface area contributed by atoms with E-state index in [9.17, 15) is 0 Å². The van der Waals surface area contributed by atoms with Gasteiger partial charge >= 0.3 is 0 Å². The Morgan fingerprint density at radius 3 is 2.50 bits per heavy atom. The number of nitrogens with zero attached hydrogens (tertiary/aromatic N) is 2. The smallest absolute Gasteiger partial charge is 0.164 e. The third kappa shape index (κ3) is 2.14. The van der Waals surface area contributed by atoms with Crippen LogP contribution in [0.3, 0.4) is 0 Å². The zero-order valence-corrected chi connectivity index (χ0v) is 9.96. The molecule has 1 aromatic carbocycles. The molecule has 0 saturated carbocycles. The number of nitrogens with one attached hydrogen (secondary N) is 1. The van der Waals surface area contributed by atoms with Crippen LogP contribution in [0.5, 0.6) is 0 Å². The zero-order chi connectivity index (χ0) is 11.5. The number of hydrogen-bond donors (Lipinski definition) is 1. The predicted octanol–water partition coefficient (Wildman–Crippen LogP) is 2.53. The number of hydrazine groups is 1. The molecule has 1 aliphatic rings. The summed E-state index contributed by atoms with van der Waals surface area (Å²) in [5.74, 6) is 0. The largest absolute Gasteiger partial charge is 0.245 e. The predicted molar refractivity (Wildman–Crippen MR) is 64.5 cm³/mol. The Bertz CT molecular complexity index is 445. The van der Waals surface area contributed by atoms with E-state index in [1.807, 2.05) is 30.3 Å². The fourth-order valence-electron chi connectivity index (χ4n) is 1.32. The quantitative estimate of drug-likeness (QED) is 0.828. The second-order valence-electron chi connectivity index (χ2n) is 3.01. The molecule has 4 nitrogen and oxygen atoms in total. The molecular formula is C10H9Cl2N3O. The molecule has 0 radical (unpaired) electrons. The molecule has 1 N–H and O–H groups in total. The fourth-order valence-corrected chi connectivity index (χ4v) is 1.91. The summed E-state index contributed by atoms with van der Waals surface area (Å²) in [5.41, 5.74) is 4.27. The summed E-state index contributed by atoms with van der Waals surface area (Å²) in [7, 11) is 1.46. The van der Waals surface area contributed by atoms with Gasteiger partial charge in [0.2, 0.25) is 0 Å².